The molecular weight excluding hydrogens is 607 g/mol. The summed E-state index contributed by atoms with van der Waals surface area (Å²) >= 11 is 0. The van der Waals surface area contributed by atoms with Crippen LogP contribution in [0.25, 0.3) is 28.5 Å². The van der Waals surface area contributed by atoms with Gasteiger partial charge in [-0.05, 0) is 51.5 Å². The van der Waals surface area contributed by atoms with Crippen molar-refractivity contribution < 1.29 is 35.1 Å². The molecule has 6 nitrogen and oxygen atoms in total. The summed E-state index contributed by atoms with van der Waals surface area (Å²) in [7, 11) is 0. The number of rotatable bonds is 7. The van der Waals surface area contributed by atoms with Gasteiger partial charge in [-0.15, -0.1) is 41.0 Å². The molecule has 0 saturated heterocycles. The second kappa shape index (κ2) is 13.8. The molecule has 1 aromatic heterocycles. The number of hydrogen-bond donors (Lipinski definition) is 2. The van der Waals surface area contributed by atoms with Crippen molar-refractivity contribution in [1.29, 1.82) is 0 Å². The largest absolute Gasteiger partial charge is 0.494 e. The number of nitrogens with zero attached hydrogens (tertiary/aromatic N) is 3. The molecule has 4 aromatic rings. The van der Waals surface area contributed by atoms with Crippen LogP contribution < -0.4 is 4.74 Å². The smallest absolute Gasteiger partial charge is 0.159 e. The van der Waals surface area contributed by atoms with Crippen LogP contribution in [0.1, 0.15) is 27.2 Å². The molecule has 0 aliphatic carbocycles. The van der Waals surface area contributed by atoms with Gasteiger partial charge in [0.15, 0.2) is 5.82 Å². The summed E-state index contributed by atoms with van der Waals surface area (Å²) < 4.78 is 7.61. The zero-order chi connectivity index (χ0) is 23.6. The van der Waals surface area contributed by atoms with E-state index >= 15 is 0 Å². The van der Waals surface area contributed by atoms with E-state index in [4.69, 9.17) is 14.9 Å². The van der Waals surface area contributed by atoms with Crippen molar-refractivity contribution in [2.45, 2.75) is 39.4 Å². The second-order valence-corrected chi connectivity index (χ2v) is 7.69. The zero-order valence-electron chi connectivity index (χ0n) is 19.6. The second-order valence-electron chi connectivity index (χ2n) is 7.69. The minimum atomic E-state index is -0.375. The molecule has 0 spiro atoms. The third-order valence-electron chi connectivity index (χ3n) is 4.73. The van der Waals surface area contributed by atoms with E-state index in [0.29, 0.717) is 13.0 Å². The number of benzene rings is 3. The molecule has 181 valence electrons. The Morgan fingerprint density at radius 3 is 2.00 bits per heavy atom. The van der Waals surface area contributed by atoms with Crippen LogP contribution in [0.2, 0.25) is 0 Å². The van der Waals surface area contributed by atoms with Crippen LogP contribution in [0.5, 0.6) is 5.75 Å². The summed E-state index contributed by atoms with van der Waals surface area (Å²) in [5.74, 6) is 2.40. The predicted octanol–water partition coefficient (Wildman–Crippen LogP) is 4.94. The third kappa shape index (κ3) is 7.60. The van der Waals surface area contributed by atoms with E-state index in [-0.39, 0.29) is 32.3 Å². The third-order valence-corrected chi connectivity index (χ3v) is 4.73. The Balaban J connectivity index is 0.000000449. The van der Waals surface area contributed by atoms with Gasteiger partial charge in [-0.25, -0.2) is 0 Å². The standard InChI is InChI=1S/C22H18N3O.C5H12O2.Ir/c1-2-26-20-15-13-19(14-16-20)25-21(17-9-5-3-6-10-17)23-24-22(25)18-11-7-4-8-12-18;1-4(6)3-5(2)7;/h3-11,13-16H,2H2,1H3;4-7H,3H2,1-2H3;/q-1;;. The SMILES string of the molecule is CC(O)CC(C)O.CCOc1ccc(-n2c(-c3[c-]cccc3)nnc2-c2ccccc2)cc1.[Ir]. The average molecular weight is 637 g/mol. The van der Waals surface area contributed by atoms with Crippen molar-refractivity contribution in [3.8, 4) is 34.2 Å². The fraction of sp³-hybridized carbons (Fsp3) is 0.259. The molecule has 2 unspecified atom stereocenters. The van der Waals surface area contributed by atoms with E-state index in [9.17, 15) is 0 Å². The number of ether oxygens (including phenoxy) is 1. The Morgan fingerprint density at radius 2 is 1.47 bits per heavy atom. The normalized spacial score (nSPS) is 12.0. The van der Waals surface area contributed by atoms with Gasteiger partial charge in [0.05, 0.1) is 24.6 Å². The van der Waals surface area contributed by atoms with Crippen LogP contribution in [-0.2, 0) is 20.1 Å². The van der Waals surface area contributed by atoms with E-state index < -0.39 is 0 Å². The molecule has 1 heterocycles. The Morgan fingerprint density at radius 1 is 0.853 bits per heavy atom. The molecule has 0 saturated carbocycles. The molecule has 0 bridgehead atoms. The van der Waals surface area contributed by atoms with Crippen LogP contribution in [0.15, 0.2) is 78.9 Å². The van der Waals surface area contributed by atoms with Gasteiger partial charge in [0.1, 0.15) is 5.75 Å². The molecule has 0 amide bonds. The summed E-state index contributed by atoms with van der Waals surface area (Å²) in [6.07, 6.45) is -0.278. The molecule has 2 atom stereocenters. The van der Waals surface area contributed by atoms with Crippen molar-refractivity contribution in [1.82, 2.24) is 14.8 Å². The van der Waals surface area contributed by atoms with E-state index in [2.05, 4.69) is 20.8 Å². The van der Waals surface area contributed by atoms with Crippen molar-refractivity contribution in [2.75, 3.05) is 6.61 Å². The maximum Gasteiger partial charge on any atom is 0.159 e. The number of hydrogen-bond acceptors (Lipinski definition) is 5. The van der Waals surface area contributed by atoms with E-state index in [1.807, 2.05) is 85.8 Å². The van der Waals surface area contributed by atoms with Crippen molar-refractivity contribution in [2.24, 2.45) is 0 Å². The van der Waals surface area contributed by atoms with Crippen LogP contribution in [0, 0.1) is 6.07 Å². The van der Waals surface area contributed by atoms with E-state index in [1.165, 1.54) is 0 Å². The van der Waals surface area contributed by atoms with Gasteiger partial charge in [0.25, 0.3) is 0 Å². The Labute approximate surface area is 214 Å². The minimum Gasteiger partial charge on any atom is -0.494 e. The van der Waals surface area contributed by atoms with Gasteiger partial charge >= 0.3 is 0 Å². The Bertz CT molecular complexity index is 1040. The first-order chi connectivity index (χ1) is 16.0. The van der Waals surface area contributed by atoms with Crippen LogP contribution in [0.3, 0.4) is 0 Å². The number of aromatic nitrogens is 3. The van der Waals surface area contributed by atoms with Gasteiger partial charge < -0.3 is 19.5 Å². The van der Waals surface area contributed by atoms with Crippen LogP contribution in [-0.4, -0.2) is 43.8 Å². The molecule has 34 heavy (non-hydrogen) atoms. The quantitative estimate of drug-likeness (QED) is 0.281. The number of aliphatic hydroxyl groups excluding tert-OH is 2. The molecule has 4 rings (SSSR count). The van der Waals surface area contributed by atoms with Crippen LogP contribution >= 0.6 is 0 Å². The van der Waals surface area contributed by atoms with E-state index in [0.717, 1.165) is 34.2 Å². The first-order valence-electron chi connectivity index (χ1n) is 11.1. The van der Waals surface area contributed by atoms with Crippen molar-refractivity contribution in [3.05, 3.63) is 84.9 Å². The minimum absolute atomic E-state index is 0. The first kappa shape index (κ1) is 27.4. The van der Waals surface area contributed by atoms with Gasteiger partial charge in [0.2, 0.25) is 0 Å². The summed E-state index contributed by atoms with van der Waals surface area (Å²) in [6.45, 7) is 5.94. The average Bonchev–Trinajstić information content (AvgIpc) is 3.26. The zero-order valence-corrected chi connectivity index (χ0v) is 21.9. The molecule has 7 heteroatoms. The van der Waals surface area contributed by atoms with Crippen molar-refractivity contribution >= 4 is 0 Å². The molecule has 2 N–H and O–H groups in total. The predicted molar refractivity (Wildman–Crippen MR) is 130 cm³/mol. The van der Waals surface area contributed by atoms with Gasteiger partial charge in [-0.1, -0.05) is 30.3 Å². The molecule has 0 fully saturated rings. The monoisotopic (exact) mass is 637 g/mol. The van der Waals surface area contributed by atoms with E-state index in [1.54, 1.807) is 13.8 Å². The van der Waals surface area contributed by atoms with Crippen molar-refractivity contribution in [3.63, 3.8) is 0 Å². The van der Waals surface area contributed by atoms with Gasteiger partial charge in [-0.3, -0.25) is 0 Å². The molecule has 3 aromatic carbocycles. The summed E-state index contributed by atoms with van der Waals surface area (Å²) in [6, 6.07) is 29.1. The summed E-state index contributed by atoms with van der Waals surface area (Å²) in [5, 5.41) is 26.0. The van der Waals surface area contributed by atoms with Gasteiger partial charge in [0, 0.05) is 31.4 Å². The Hall–Kier alpha value is -2.83. The maximum absolute atomic E-state index is 8.56. The molecule has 1 radical (unpaired) electrons. The Kier molecular flexibility index (Phi) is 11.1. The maximum atomic E-state index is 8.56. The molecule has 0 aliphatic rings. The fourth-order valence-corrected chi connectivity index (χ4v) is 3.36. The molecule has 0 aliphatic heterocycles. The fourth-order valence-electron chi connectivity index (χ4n) is 3.36. The number of aliphatic hydroxyl groups is 2. The van der Waals surface area contributed by atoms with Crippen LogP contribution in [0.4, 0.5) is 0 Å². The first-order valence-corrected chi connectivity index (χ1v) is 11.1. The molecular formula is C27H30IrN3O3-. The summed E-state index contributed by atoms with van der Waals surface area (Å²) in [4.78, 5) is 0. The summed E-state index contributed by atoms with van der Waals surface area (Å²) in [5.41, 5.74) is 2.89. The van der Waals surface area contributed by atoms with Gasteiger partial charge in [-0.2, -0.15) is 5.10 Å². The topological polar surface area (TPSA) is 80.4 Å².